The molecule has 0 spiro atoms. The van der Waals surface area contributed by atoms with Gasteiger partial charge in [-0.05, 0) is 11.4 Å². The van der Waals surface area contributed by atoms with Crippen molar-refractivity contribution in [1.29, 1.82) is 0 Å². The third kappa shape index (κ3) is 3.53. The maximum atomic E-state index is 9.16. The predicted molar refractivity (Wildman–Crippen MR) is 66.9 cm³/mol. The Kier molecular flexibility index (Phi) is 4.55. The standard InChI is InChI=1S/C10H12N2O3S2/c13-4-7(14)5-16-6-9-11-12-10(15-9)8-2-1-3-17-8/h1-3,7,13-14H,4-6H2/t7-/m0/s1. The molecule has 0 unspecified atom stereocenters. The van der Waals surface area contributed by atoms with Crippen molar-refractivity contribution in [1.82, 2.24) is 10.2 Å². The minimum absolute atomic E-state index is 0.225. The molecule has 5 nitrogen and oxygen atoms in total. The zero-order valence-electron chi connectivity index (χ0n) is 8.94. The van der Waals surface area contributed by atoms with Crippen LogP contribution in [0.2, 0.25) is 0 Å². The van der Waals surface area contributed by atoms with E-state index in [0.29, 0.717) is 23.3 Å². The van der Waals surface area contributed by atoms with E-state index in [9.17, 15) is 0 Å². The van der Waals surface area contributed by atoms with E-state index < -0.39 is 6.10 Å². The van der Waals surface area contributed by atoms with Crippen molar-refractivity contribution in [3.8, 4) is 10.8 Å². The van der Waals surface area contributed by atoms with Crippen LogP contribution >= 0.6 is 23.1 Å². The van der Waals surface area contributed by atoms with Gasteiger partial charge in [-0.1, -0.05) is 6.07 Å². The van der Waals surface area contributed by atoms with E-state index in [1.807, 2.05) is 17.5 Å². The van der Waals surface area contributed by atoms with Crippen LogP contribution in [0.15, 0.2) is 21.9 Å². The van der Waals surface area contributed by atoms with E-state index in [1.54, 1.807) is 11.3 Å². The quantitative estimate of drug-likeness (QED) is 0.827. The Hall–Kier alpha value is -0.890. The van der Waals surface area contributed by atoms with Gasteiger partial charge in [-0.15, -0.1) is 33.3 Å². The molecule has 0 aliphatic carbocycles. The minimum Gasteiger partial charge on any atom is -0.419 e. The predicted octanol–water partition coefficient (Wildman–Crippen LogP) is 1.38. The summed E-state index contributed by atoms with van der Waals surface area (Å²) in [6.07, 6.45) is -0.695. The molecule has 2 aromatic heterocycles. The number of hydrogen-bond acceptors (Lipinski definition) is 7. The van der Waals surface area contributed by atoms with E-state index >= 15 is 0 Å². The second-order valence-electron chi connectivity index (χ2n) is 3.33. The van der Waals surface area contributed by atoms with Gasteiger partial charge in [0.05, 0.1) is 23.3 Å². The summed E-state index contributed by atoms with van der Waals surface area (Å²) in [4.78, 5) is 0.948. The van der Waals surface area contributed by atoms with E-state index in [-0.39, 0.29) is 6.61 Å². The first-order chi connectivity index (χ1) is 8.29. The normalized spacial score (nSPS) is 12.8. The highest BCUT2D eigenvalue weighted by molar-refractivity contribution is 7.98. The Morgan fingerprint density at radius 1 is 1.47 bits per heavy atom. The summed E-state index contributed by atoms with van der Waals surface area (Å²) in [6.45, 7) is -0.225. The van der Waals surface area contributed by atoms with E-state index in [4.69, 9.17) is 14.6 Å². The van der Waals surface area contributed by atoms with Gasteiger partial charge in [0, 0.05) is 5.75 Å². The zero-order chi connectivity index (χ0) is 12.1. The molecule has 92 valence electrons. The lowest BCUT2D eigenvalue weighted by atomic mass is 10.4. The van der Waals surface area contributed by atoms with Gasteiger partial charge in [0.25, 0.3) is 5.89 Å². The average molecular weight is 272 g/mol. The summed E-state index contributed by atoms with van der Waals surface area (Å²) in [5, 5.41) is 27.6. The lowest BCUT2D eigenvalue weighted by molar-refractivity contribution is 0.113. The molecular weight excluding hydrogens is 260 g/mol. The number of aliphatic hydroxyl groups excluding tert-OH is 2. The smallest absolute Gasteiger partial charge is 0.257 e. The molecule has 0 bridgehead atoms. The van der Waals surface area contributed by atoms with Crippen molar-refractivity contribution >= 4 is 23.1 Å². The van der Waals surface area contributed by atoms with Crippen LogP contribution in [0.4, 0.5) is 0 Å². The Balaban J connectivity index is 1.87. The fraction of sp³-hybridized carbons (Fsp3) is 0.400. The number of rotatable bonds is 6. The molecule has 2 heterocycles. The fourth-order valence-electron chi connectivity index (χ4n) is 1.15. The van der Waals surface area contributed by atoms with Crippen LogP contribution in [0.3, 0.4) is 0 Å². The van der Waals surface area contributed by atoms with Crippen molar-refractivity contribution < 1.29 is 14.6 Å². The van der Waals surface area contributed by atoms with Gasteiger partial charge < -0.3 is 14.6 Å². The van der Waals surface area contributed by atoms with Crippen LogP contribution in [0.1, 0.15) is 5.89 Å². The highest BCUT2D eigenvalue weighted by atomic mass is 32.2. The van der Waals surface area contributed by atoms with Crippen LogP contribution in [0.5, 0.6) is 0 Å². The lowest BCUT2D eigenvalue weighted by Crippen LogP contribution is -2.14. The summed E-state index contributed by atoms with van der Waals surface area (Å²) < 4.78 is 5.47. The molecule has 0 aliphatic rings. The summed E-state index contributed by atoms with van der Waals surface area (Å²) in [6, 6.07) is 3.85. The molecule has 7 heteroatoms. The maximum absolute atomic E-state index is 9.16. The topological polar surface area (TPSA) is 79.4 Å². The van der Waals surface area contributed by atoms with Crippen molar-refractivity contribution in [2.24, 2.45) is 0 Å². The first-order valence-electron chi connectivity index (χ1n) is 5.02. The van der Waals surface area contributed by atoms with Gasteiger partial charge in [-0.3, -0.25) is 0 Å². The van der Waals surface area contributed by atoms with Gasteiger partial charge in [0.2, 0.25) is 5.89 Å². The molecule has 1 atom stereocenters. The third-order valence-corrected chi connectivity index (χ3v) is 3.87. The molecule has 0 fully saturated rings. The molecule has 0 saturated carbocycles. The summed E-state index contributed by atoms with van der Waals surface area (Å²) in [7, 11) is 0. The van der Waals surface area contributed by atoms with Crippen LogP contribution in [-0.2, 0) is 5.75 Å². The van der Waals surface area contributed by atoms with E-state index in [0.717, 1.165) is 4.88 Å². The summed E-state index contributed by atoms with van der Waals surface area (Å²) in [5.41, 5.74) is 0. The number of thioether (sulfide) groups is 1. The van der Waals surface area contributed by atoms with Crippen molar-refractivity contribution in [2.75, 3.05) is 12.4 Å². The first kappa shape index (κ1) is 12.6. The third-order valence-electron chi connectivity index (χ3n) is 1.95. The molecule has 0 aliphatic heterocycles. The number of nitrogens with zero attached hydrogens (tertiary/aromatic N) is 2. The fourth-order valence-corrected chi connectivity index (χ4v) is 2.58. The SMILES string of the molecule is OC[C@H](O)CSCc1nnc(-c2cccs2)o1. The van der Waals surface area contributed by atoms with Crippen LogP contribution in [-0.4, -0.2) is 38.9 Å². The molecule has 0 amide bonds. The Morgan fingerprint density at radius 2 is 2.35 bits per heavy atom. The largest absolute Gasteiger partial charge is 0.419 e. The minimum atomic E-state index is -0.695. The molecule has 2 rings (SSSR count). The second kappa shape index (κ2) is 6.15. The number of hydrogen-bond donors (Lipinski definition) is 2. The van der Waals surface area contributed by atoms with Crippen LogP contribution in [0.25, 0.3) is 10.8 Å². The van der Waals surface area contributed by atoms with Crippen LogP contribution < -0.4 is 0 Å². The molecule has 0 radical (unpaired) electrons. The van der Waals surface area contributed by atoms with Gasteiger partial charge in [-0.25, -0.2) is 0 Å². The van der Waals surface area contributed by atoms with Gasteiger partial charge >= 0.3 is 0 Å². The molecule has 2 N–H and O–H groups in total. The number of aromatic nitrogens is 2. The van der Waals surface area contributed by atoms with Crippen molar-refractivity contribution in [2.45, 2.75) is 11.9 Å². The Morgan fingerprint density at radius 3 is 3.06 bits per heavy atom. The molecule has 17 heavy (non-hydrogen) atoms. The second-order valence-corrected chi connectivity index (χ2v) is 5.31. The maximum Gasteiger partial charge on any atom is 0.257 e. The summed E-state index contributed by atoms with van der Waals surface area (Å²) in [5.74, 6) is 2.05. The van der Waals surface area contributed by atoms with Gasteiger partial charge in [0.1, 0.15) is 0 Å². The Bertz CT molecular complexity index is 444. The van der Waals surface area contributed by atoms with Crippen LogP contribution in [0, 0.1) is 0 Å². The van der Waals surface area contributed by atoms with Crippen molar-refractivity contribution in [3.63, 3.8) is 0 Å². The monoisotopic (exact) mass is 272 g/mol. The molecule has 2 aromatic rings. The summed E-state index contributed by atoms with van der Waals surface area (Å²) >= 11 is 2.99. The molecule has 0 saturated heterocycles. The number of thiophene rings is 1. The van der Waals surface area contributed by atoms with Gasteiger partial charge in [0.15, 0.2) is 0 Å². The number of aliphatic hydroxyl groups is 2. The highest BCUT2D eigenvalue weighted by Gasteiger charge is 2.10. The highest BCUT2D eigenvalue weighted by Crippen LogP contribution is 2.24. The molecule has 0 aromatic carbocycles. The average Bonchev–Trinajstić information content (AvgIpc) is 2.98. The van der Waals surface area contributed by atoms with Crippen molar-refractivity contribution in [3.05, 3.63) is 23.4 Å². The molecular formula is C10H12N2O3S2. The first-order valence-corrected chi connectivity index (χ1v) is 7.06. The lowest BCUT2D eigenvalue weighted by Gasteiger charge is -2.03. The van der Waals surface area contributed by atoms with E-state index in [1.165, 1.54) is 11.8 Å². The van der Waals surface area contributed by atoms with E-state index in [2.05, 4.69) is 10.2 Å². The Labute approximate surface area is 107 Å². The van der Waals surface area contributed by atoms with Gasteiger partial charge in [-0.2, -0.15) is 0 Å². The zero-order valence-corrected chi connectivity index (χ0v) is 10.6.